The van der Waals surface area contributed by atoms with Crippen molar-refractivity contribution in [2.75, 3.05) is 13.6 Å². The Labute approximate surface area is 107 Å². The van der Waals surface area contributed by atoms with E-state index in [1.54, 1.807) is 17.5 Å². The summed E-state index contributed by atoms with van der Waals surface area (Å²) in [6, 6.07) is 2.04. The molecule has 0 bridgehead atoms. The van der Waals surface area contributed by atoms with Crippen molar-refractivity contribution in [2.24, 2.45) is 0 Å². The lowest BCUT2D eigenvalue weighted by atomic mass is 10.3. The van der Waals surface area contributed by atoms with Crippen LogP contribution >= 0.6 is 27.3 Å². The molecule has 0 amide bonds. The quantitative estimate of drug-likeness (QED) is 0.861. The van der Waals surface area contributed by atoms with Crippen molar-refractivity contribution in [2.45, 2.75) is 12.8 Å². The van der Waals surface area contributed by atoms with Gasteiger partial charge in [0.1, 0.15) is 0 Å². The summed E-state index contributed by atoms with van der Waals surface area (Å²) in [6.45, 7) is 0.988. The standard InChI is InChI=1S/C11H13BrN2OS/c1-13-4-2-3-11-14-6-9(15-11)8-5-10(12)16-7-8/h5-7,13H,2-4H2,1H3. The van der Waals surface area contributed by atoms with E-state index in [9.17, 15) is 0 Å². The Kier molecular flexibility index (Phi) is 4.15. The summed E-state index contributed by atoms with van der Waals surface area (Å²) in [5, 5.41) is 5.16. The minimum absolute atomic E-state index is 0.813. The zero-order valence-electron chi connectivity index (χ0n) is 9.00. The van der Waals surface area contributed by atoms with Crippen molar-refractivity contribution < 1.29 is 4.42 Å². The highest BCUT2D eigenvalue weighted by atomic mass is 79.9. The van der Waals surface area contributed by atoms with Crippen LogP contribution in [0.2, 0.25) is 0 Å². The Balaban J connectivity index is 2.02. The first kappa shape index (κ1) is 11.8. The number of aromatic nitrogens is 1. The van der Waals surface area contributed by atoms with Gasteiger partial charge in [0.05, 0.1) is 9.98 Å². The zero-order chi connectivity index (χ0) is 11.4. The second-order valence-corrected chi connectivity index (χ2v) is 5.76. The van der Waals surface area contributed by atoms with Gasteiger partial charge in [0.2, 0.25) is 0 Å². The maximum absolute atomic E-state index is 5.68. The van der Waals surface area contributed by atoms with Crippen LogP contribution < -0.4 is 5.32 Å². The lowest BCUT2D eigenvalue weighted by molar-refractivity contribution is 0.495. The van der Waals surface area contributed by atoms with Gasteiger partial charge in [0, 0.05) is 17.4 Å². The molecule has 0 saturated heterocycles. The van der Waals surface area contributed by atoms with E-state index >= 15 is 0 Å². The molecule has 0 aromatic carbocycles. The fraction of sp³-hybridized carbons (Fsp3) is 0.364. The van der Waals surface area contributed by atoms with Crippen LogP contribution in [0.1, 0.15) is 12.3 Å². The topological polar surface area (TPSA) is 38.1 Å². The number of oxazole rings is 1. The first-order chi connectivity index (χ1) is 7.79. The van der Waals surface area contributed by atoms with Crippen LogP contribution in [0.5, 0.6) is 0 Å². The molecule has 2 heterocycles. The van der Waals surface area contributed by atoms with Crippen LogP contribution in [0.3, 0.4) is 0 Å². The van der Waals surface area contributed by atoms with E-state index in [2.05, 4.69) is 31.6 Å². The number of hydrogen-bond acceptors (Lipinski definition) is 4. The minimum atomic E-state index is 0.813. The molecule has 2 aromatic heterocycles. The Bertz CT molecular complexity index is 452. The molecule has 0 saturated carbocycles. The van der Waals surface area contributed by atoms with Gasteiger partial charge in [0.25, 0.3) is 0 Å². The SMILES string of the molecule is CNCCCc1ncc(-c2csc(Br)c2)o1. The molecular formula is C11H13BrN2OS. The van der Waals surface area contributed by atoms with Gasteiger partial charge in [-0.05, 0) is 42.0 Å². The Morgan fingerprint density at radius 2 is 2.44 bits per heavy atom. The average molecular weight is 301 g/mol. The summed E-state index contributed by atoms with van der Waals surface area (Å²) < 4.78 is 6.78. The fourth-order valence-electron chi connectivity index (χ4n) is 1.41. The first-order valence-electron chi connectivity index (χ1n) is 5.13. The smallest absolute Gasteiger partial charge is 0.194 e. The number of rotatable bonds is 5. The molecule has 0 radical (unpaired) electrons. The minimum Gasteiger partial charge on any atom is -0.441 e. The first-order valence-corrected chi connectivity index (χ1v) is 6.80. The predicted octanol–water partition coefficient (Wildman–Crippen LogP) is 3.32. The molecule has 2 aromatic rings. The molecule has 0 aliphatic rings. The molecule has 86 valence electrons. The molecule has 0 aliphatic heterocycles. The zero-order valence-corrected chi connectivity index (χ0v) is 11.4. The third-order valence-electron chi connectivity index (χ3n) is 2.22. The van der Waals surface area contributed by atoms with Crippen LogP contribution in [0.25, 0.3) is 11.3 Å². The van der Waals surface area contributed by atoms with E-state index in [0.717, 1.165) is 40.4 Å². The highest BCUT2D eigenvalue weighted by molar-refractivity contribution is 9.11. The fourth-order valence-corrected chi connectivity index (χ4v) is 2.56. The maximum Gasteiger partial charge on any atom is 0.194 e. The van der Waals surface area contributed by atoms with E-state index in [4.69, 9.17) is 4.42 Å². The van der Waals surface area contributed by atoms with Crippen LogP contribution in [0, 0.1) is 0 Å². The van der Waals surface area contributed by atoms with Crippen molar-refractivity contribution in [1.82, 2.24) is 10.3 Å². The van der Waals surface area contributed by atoms with Gasteiger partial charge in [-0.25, -0.2) is 4.98 Å². The lowest BCUT2D eigenvalue weighted by Gasteiger charge is -1.95. The molecule has 1 N–H and O–H groups in total. The van der Waals surface area contributed by atoms with Gasteiger partial charge < -0.3 is 9.73 Å². The molecule has 0 aliphatic carbocycles. The molecule has 0 unspecified atom stereocenters. The van der Waals surface area contributed by atoms with E-state index in [-0.39, 0.29) is 0 Å². The van der Waals surface area contributed by atoms with Crippen molar-refractivity contribution in [3.05, 3.63) is 27.3 Å². The molecule has 3 nitrogen and oxygen atoms in total. The van der Waals surface area contributed by atoms with Crippen LogP contribution in [-0.4, -0.2) is 18.6 Å². The van der Waals surface area contributed by atoms with E-state index in [1.165, 1.54) is 0 Å². The second-order valence-electron chi connectivity index (χ2n) is 3.46. The van der Waals surface area contributed by atoms with Gasteiger partial charge in [-0.1, -0.05) is 0 Å². The van der Waals surface area contributed by atoms with E-state index in [1.807, 2.05) is 13.1 Å². The summed E-state index contributed by atoms with van der Waals surface area (Å²) in [5.74, 6) is 1.66. The van der Waals surface area contributed by atoms with Gasteiger partial charge in [-0.2, -0.15) is 0 Å². The highest BCUT2D eigenvalue weighted by Gasteiger charge is 2.07. The third kappa shape index (κ3) is 2.93. The highest BCUT2D eigenvalue weighted by Crippen LogP contribution is 2.29. The van der Waals surface area contributed by atoms with E-state index in [0.29, 0.717) is 0 Å². The Morgan fingerprint density at radius 1 is 1.56 bits per heavy atom. The maximum atomic E-state index is 5.68. The number of aryl methyl sites for hydroxylation is 1. The normalized spacial score (nSPS) is 10.9. The lowest BCUT2D eigenvalue weighted by Crippen LogP contribution is -2.08. The van der Waals surface area contributed by atoms with Crippen molar-refractivity contribution in [3.8, 4) is 11.3 Å². The van der Waals surface area contributed by atoms with Gasteiger partial charge in [-0.3, -0.25) is 0 Å². The van der Waals surface area contributed by atoms with Gasteiger partial charge >= 0.3 is 0 Å². The predicted molar refractivity (Wildman–Crippen MR) is 69.8 cm³/mol. The molecule has 16 heavy (non-hydrogen) atoms. The number of nitrogens with one attached hydrogen (secondary N) is 1. The third-order valence-corrected chi connectivity index (χ3v) is 3.73. The largest absolute Gasteiger partial charge is 0.441 e. The summed E-state index contributed by atoms with van der Waals surface area (Å²) in [5.41, 5.74) is 1.09. The van der Waals surface area contributed by atoms with Crippen molar-refractivity contribution >= 4 is 27.3 Å². The van der Waals surface area contributed by atoms with Gasteiger partial charge in [0.15, 0.2) is 11.7 Å². The summed E-state index contributed by atoms with van der Waals surface area (Å²) in [6.07, 6.45) is 3.72. The van der Waals surface area contributed by atoms with Gasteiger partial charge in [-0.15, -0.1) is 11.3 Å². The van der Waals surface area contributed by atoms with Crippen molar-refractivity contribution in [3.63, 3.8) is 0 Å². The Hall–Kier alpha value is -0.650. The summed E-state index contributed by atoms with van der Waals surface area (Å²) in [7, 11) is 1.95. The molecule has 0 spiro atoms. The molecule has 5 heteroatoms. The number of nitrogens with zero attached hydrogens (tertiary/aromatic N) is 1. The monoisotopic (exact) mass is 300 g/mol. The number of hydrogen-bond donors (Lipinski definition) is 1. The van der Waals surface area contributed by atoms with Crippen LogP contribution in [0.15, 0.2) is 25.8 Å². The molecule has 0 atom stereocenters. The number of halogens is 1. The van der Waals surface area contributed by atoms with Crippen LogP contribution in [0.4, 0.5) is 0 Å². The Morgan fingerprint density at radius 3 is 3.12 bits per heavy atom. The molecular weight excluding hydrogens is 288 g/mol. The van der Waals surface area contributed by atoms with Crippen molar-refractivity contribution in [1.29, 1.82) is 0 Å². The van der Waals surface area contributed by atoms with Crippen LogP contribution in [-0.2, 0) is 6.42 Å². The number of thiophene rings is 1. The second kappa shape index (κ2) is 5.61. The average Bonchev–Trinajstić information content (AvgIpc) is 2.87. The molecule has 2 rings (SSSR count). The molecule has 0 fully saturated rings. The summed E-state index contributed by atoms with van der Waals surface area (Å²) >= 11 is 5.08. The van der Waals surface area contributed by atoms with E-state index < -0.39 is 0 Å². The summed E-state index contributed by atoms with van der Waals surface area (Å²) in [4.78, 5) is 4.27.